The highest BCUT2D eigenvalue weighted by Crippen LogP contribution is 2.32. The predicted octanol–water partition coefficient (Wildman–Crippen LogP) is 3.20. The van der Waals surface area contributed by atoms with Gasteiger partial charge in [-0.15, -0.1) is 23.7 Å². The second kappa shape index (κ2) is 7.72. The summed E-state index contributed by atoms with van der Waals surface area (Å²) in [6.45, 7) is 0.838. The molecule has 0 spiro atoms. The van der Waals surface area contributed by atoms with Gasteiger partial charge in [0.15, 0.2) is 0 Å². The largest absolute Gasteiger partial charge is 0.491 e. The van der Waals surface area contributed by atoms with E-state index in [0.717, 1.165) is 12.8 Å². The second-order valence-electron chi connectivity index (χ2n) is 5.18. The van der Waals surface area contributed by atoms with Crippen LogP contribution in [0.25, 0.3) is 0 Å². The van der Waals surface area contributed by atoms with Crippen LogP contribution in [-0.4, -0.2) is 17.5 Å². The van der Waals surface area contributed by atoms with Crippen molar-refractivity contribution in [3.05, 3.63) is 40.1 Å². The lowest BCUT2D eigenvalue weighted by molar-refractivity contribution is 0.102. The van der Waals surface area contributed by atoms with Crippen molar-refractivity contribution in [1.82, 2.24) is 4.98 Å². The highest BCUT2D eigenvalue weighted by atomic mass is 35.5. The van der Waals surface area contributed by atoms with Crippen LogP contribution in [-0.2, 0) is 6.54 Å². The molecule has 0 radical (unpaired) electrons. The fourth-order valence-electron chi connectivity index (χ4n) is 1.91. The normalized spacial score (nSPS) is 13.3. The minimum absolute atomic E-state index is 0. The molecule has 1 saturated carbocycles. The maximum Gasteiger partial charge on any atom is 0.275 e. The average Bonchev–Trinajstić information content (AvgIpc) is 3.21. The van der Waals surface area contributed by atoms with Gasteiger partial charge in [0.25, 0.3) is 5.91 Å². The zero-order chi connectivity index (χ0) is 15.5. The summed E-state index contributed by atoms with van der Waals surface area (Å²) in [6, 6.07) is 4.06. The van der Waals surface area contributed by atoms with Gasteiger partial charge in [-0.3, -0.25) is 4.79 Å². The van der Waals surface area contributed by atoms with Crippen LogP contribution in [0.15, 0.2) is 23.6 Å². The van der Waals surface area contributed by atoms with E-state index in [2.05, 4.69) is 10.3 Å². The van der Waals surface area contributed by atoms with E-state index in [-0.39, 0.29) is 18.3 Å². The number of anilines is 1. The molecular formula is C15H17ClFN3O2S. The van der Waals surface area contributed by atoms with E-state index >= 15 is 0 Å². The minimum Gasteiger partial charge on any atom is -0.491 e. The summed E-state index contributed by atoms with van der Waals surface area (Å²) in [7, 11) is 0. The Morgan fingerprint density at radius 1 is 1.48 bits per heavy atom. The van der Waals surface area contributed by atoms with Gasteiger partial charge in [0.2, 0.25) is 0 Å². The number of nitrogens with one attached hydrogen (secondary N) is 1. The molecule has 1 aliphatic rings. The van der Waals surface area contributed by atoms with E-state index in [1.807, 2.05) is 0 Å². The number of benzene rings is 1. The summed E-state index contributed by atoms with van der Waals surface area (Å²) in [5.74, 6) is 0.119. The molecule has 0 unspecified atom stereocenters. The average molecular weight is 358 g/mol. The van der Waals surface area contributed by atoms with Gasteiger partial charge >= 0.3 is 0 Å². The molecule has 1 amide bonds. The third-order valence-corrected chi connectivity index (χ3v) is 4.19. The third-order valence-electron chi connectivity index (χ3n) is 3.32. The molecule has 0 atom stereocenters. The second-order valence-corrected chi connectivity index (χ2v) is 6.12. The van der Waals surface area contributed by atoms with Crippen LogP contribution in [0.2, 0.25) is 0 Å². The molecule has 0 saturated heterocycles. The summed E-state index contributed by atoms with van der Waals surface area (Å²) < 4.78 is 19.0. The molecule has 124 valence electrons. The fourth-order valence-corrected chi connectivity index (χ4v) is 2.56. The Morgan fingerprint density at radius 2 is 2.26 bits per heavy atom. The maximum absolute atomic E-state index is 13.4. The summed E-state index contributed by atoms with van der Waals surface area (Å²) in [4.78, 5) is 16.3. The number of nitrogens with two attached hydrogens (primary N) is 1. The Bertz CT molecular complexity index is 691. The third kappa shape index (κ3) is 4.63. The lowest BCUT2D eigenvalue weighted by Gasteiger charge is -2.12. The van der Waals surface area contributed by atoms with Gasteiger partial charge in [0.05, 0.1) is 12.3 Å². The molecular weight excluding hydrogens is 341 g/mol. The Hall–Kier alpha value is -1.70. The zero-order valence-corrected chi connectivity index (χ0v) is 13.9. The number of halogens is 2. The van der Waals surface area contributed by atoms with Crippen LogP contribution in [0.3, 0.4) is 0 Å². The van der Waals surface area contributed by atoms with Gasteiger partial charge in [-0.25, -0.2) is 9.37 Å². The standard InChI is InChI=1S/C15H16FN3O2S.ClH/c16-10-3-4-11(13(5-10)21-7-9-1-2-9)19-15(20)12-8-22-14(6-17)18-12;/h3-5,8-9H,1-2,6-7,17H2,(H,19,20);1H. The van der Waals surface area contributed by atoms with Crippen molar-refractivity contribution in [3.8, 4) is 5.75 Å². The van der Waals surface area contributed by atoms with Crippen LogP contribution in [0.4, 0.5) is 10.1 Å². The number of rotatable bonds is 6. The smallest absolute Gasteiger partial charge is 0.275 e. The first-order chi connectivity index (χ1) is 10.7. The highest BCUT2D eigenvalue weighted by Gasteiger charge is 2.23. The van der Waals surface area contributed by atoms with E-state index in [9.17, 15) is 9.18 Å². The van der Waals surface area contributed by atoms with Crippen LogP contribution in [0.1, 0.15) is 28.3 Å². The Kier molecular flexibility index (Phi) is 5.92. The Labute approximate surface area is 143 Å². The van der Waals surface area contributed by atoms with Crippen molar-refractivity contribution < 1.29 is 13.9 Å². The number of ether oxygens (including phenoxy) is 1. The van der Waals surface area contributed by atoms with Gasteiger partial charge in [-0.1, -0.05) is 0 Å². The van der Waals surface area contributed by atoms with Crippen molar-refractivity contribution in [2.45, 2.75) is 19.4 Å². The Morgan fingerprint density at radius 3 is 2.91 bits per heavy atom. The lowest BCUT2D eigenvalue weighted by atomic mass is 10.2. The molecule has 1 aromatic heterocycles. The predicted molar refractivity (Wildman–Crippen MR) is 89.8 cm³/mol. The molecule has 1 aromatic carbocycles. The van der Waals surface area contributed by atoms with Crippen LogP contribution >= 0.6 is 23.7 Å². The molecule has 3 N–H and O–H groups in total. The molecule has 0 bridgehead atoms. The zero-order valence-electron chi connectivity index (χ0n) is 12.3. The molecule has 8 heteroatoms. The van der Waals surface area contributed by atoms with Gasteiger partial charge in [0.1, 0.15) is 22.3 Å². The number of carbonyl (C=O) groups excluding carboxylic acids is 1. The van der Waals surface area contributed by atoms with E-state index < -0.39 is 5.82 Å². The molecule has 5 nitrogen and oxygen atoms in total. The number of hydrogen-bond acceptors (Lipinski definition) is 5. The van der Waals surface area contributed by atoms with Gasteiger partial charge in [-0.05, 0) is 30.9 Å². The van der Waals surface area contributed by atoms with E-state index in [0.29, 0.717) is 41.2 Å². The molecule has 1 heterocycles. The summed E-state index contributed by atoms with van der Waals surface area (Å²) in [5, 5.41) is 5.04. The fraction of sp³-hybridized carbons (Fsp3) is 0.333. The number of hydrogen-bond donors (Lipinski definition) is 2. The van der Waals surface area contributed by atoms with Gasteiger partial charge in [0, 0.05) is 18.0 Å². The number of carbonyl (C=O) groups is 1. The molecule has 3 rings (SSSR count). The summed E-state index contributed by atoms with van der Waals surface area (Å²) >= 11 is 1.33. The van der Waals surface area contributed by atoms with Gasteiger partial charge in [-0.2, -0.15) is 0 Å². The summed E-state index contributed by atoms with van der Waals surface area (Å²) in [5.41, 5.74) is 6.22. The number of thiazole rings is 1. The number of nitrogens with zero attached hydrogens (tertiary/aromatic N) is 1. The molecule has 2 aromatic rings. The van der Waals surface area contributed by atoms with Crippen molar-refractivity contribution >= 4 is 35.3 Å². The number of amides is 1. The highest BCUT2D eigenvalue weighted by molar-refractivity contribution is 7.09. The van der Waals surface area contributed by atoms with Crippen LogP contribution in [0, 0.1) is 11.7 Å². The number of aromatic nitrogens is 1. The van der Waals surface area contributed by atoms with Crippen molar-refractivity contribution in [2.75, 3.05) is 11.9 Å². The SMILES string of the molecule is Cl.NCc1nc(C(=O)Nc2ccc(F)cc2OCC2CC2)cs1. The van der Waals surface area contributed by atoms with E-state index in [4.69, 9.17) is 10.5 Å². The topological polar surface area (TPSA) is 77.2 Å². The first-order valence-electron chi connectivity index (χ1n) is 7.04. The van der Waals surface area contributed by atoms with Gasteiger partial charge < -0.3 is 15.8 Å². The lowest BCUT2D eigenvalue weighted by Crippen LogP contribution is -2.14. The quantitative estimate of drug-likeness (QED) is 0.832. The monoisotopic (exact) mass is 357 g/mol. The van der Waals surface area contributed by atoms with Crippen LogP contribution < -0.4 is 15.8 Å². The van der Waals surface area contributed by atoms with Crippen molar-refractivity contribution in [2.24, 2.45) is 11.7 Å². The minimum atomic E-state index is -0.400. The first-order valence-corrected chi connectivity index (χ1v) is 7.92. The summed E-state index contributed by atoms with van der Waals surface area (Å²) in [6.07, 6.45) is 2.27. The van der Waals surface area contributed by atoms with Crippen molar-refractivity contribution in [3.63, 3.8) is 0 Å². The molecule has 23 heavy (non-hydrogen) atoms. The van der Waals surface area contributed by atoms with E-state index in [1.54, 1.807) is 5.38 Å². The Balaban J connectivity index is 0.00000192. The van der Waals surface area contributed by atoms with E-state index in [1.165, 1.54) is 29.5 Å². The molecule has 1 aliphatic carbocycles. The van der Waals surface area contributed by atoms with Crippen molar-refractivity contribution in [1.29, 1.82) is 0 Å². The molecule has 0 aliphatic heterocycles. The molecule has 1 fully saturated rings. The maximum atomic E-state index is 13.4. The first kappa shape index (κ1) is 17.7. The van der Waals surface area contributed by atoms with Crippen LogP contribution in [0.5, 0.6) is 5.75 Å².